The molecule has 0 aliphatic rings. The standard InChI is InChI=1S/C8H7ClF3NO2S/c1-13-16(14,15)7-3-5(8(10,11)12)2-6(9)4-7/h2-4,13H,1H3. The highest BCUT2D eigenvalue weighted by Crippen LogP contribution is 2.32. The molecule has 0 fully saturated rings. The zero-order valence-corrected chi connectivity index (χ0v) is 9.54. The van der Waals surface area contributed by atoms with Gasteiger partial charge in [-0.2, -0.15) is 13.2 Å². The first kappa shape index (κ1) is 13.3. The van der Waals surface area contributed by atoms with Crippen molar-refractivity contribution in [3.63, 3.8) is 0 Å². The van der Waals surface area contributed by atoms with Crippen LogP contribution in [0.3, 0.4) is 0 Å². The van der Waals surface area contributed by atoms with Crippen LogP contribution in [-0.2, 0) is 16.2 Å². The van der Waals surface area contributed by atoms with Gasteiger partial charge in [-0.1, -0.05) is 11.6 Å². The highest BCUT2D eigenvalue weighted by atomic mass is 35.5. The van der Waals surface area contributed by atoms with Gasteiger partial charge < -0.3 is 0 Å². The molecule has 1 aromatic carbocycles. The molecule has 16 heavy (non-hydrogen) atoms. The molecule has 8 heteroatoms. The second-order valence-electron chi connectivity index (χ2n) is 2.88. The third kappa shape index (κ3) is 2.87. The summed E-state index contributed by atoms with van der Waals surface area (Å²) in [6.07, 6.45) is -4.64. The lowest BCUT2D eigenvalue weighted by Crippen LogP contribution is -2.19. The van der Waals surface area contributed by atoms with Crippen LogP contribution < -0.4 is 4.72 Å². The summed E-state index contributed by atoms with van der Waals surface area (Å²) in [4.78, 5) is -0.519. The molecule has 0 saturated heterocycles. The zero-order chi connectivity index (χ0) is 12.6. The molecule has 0 aliphatic carbocycles. The minimum Gasteiger partial charge on any atom is -0.214 e. The summed E-state index contributed by atoms with van der Waals surface area (Å²) in [5.74, 6) is 0. The van der Waals surface area contributed by atoms with Crippen LogP contribution in [0.15, 0.2) is 23.1 Å². The van der Waals surface area contributed by atoms with Crippen LogP contribution in [0, 0.1) is 0 Å². The maximum Gasteiger partial charge on any atom is 0.416 e. The number of nitrogens with one attached hydrogen (secondary N) is 1. The summed E-state index contributed by atoms with van der Waals surface area (Å²) in [5.41, 5.74) is -1.10. The first-order valence-corrected chi connectivity index (χ1v) is 5.84. The van der Waals surface area contributed by atoms with E-state index in [9.17, 15) is 21.6 Å². The van der Waals surface area contributed by atoms with Crippen molar-refractivity contribution < 1.29 is 21.6 Å². The average Bonchev–Trinajstić information content (AvgIpc) is 2.15. The molecule has 1 aromatic rings. The summed E-state index contributed by atoms with van der Waals surface area (Å²) < 4.78 is 61.6. The maximum atomic E-state index is 12.4. The Morgan fingerprint density at radius 2 is 1.81 bits per heavy atom. The molecular weight excluding hydrogens is 267 g/mol. The molecule has 0 spiro atoms. The molecule has 0 amide bonds. The molecule has 90 valence electrons. The molecule has 1 rings (SSSR count). The molecule has 1 N–H and O–H groups in total. The summed E-state index contributed by atoms with van der Waals surface area (Å²) in [6, 6.07) is 2.14. The lowest BCUT2D eigenvalue weighted by atomic mass is 10.2. The molecule has 0 saturated carbocycles. The SMILES string of the molecule is CNS(=O)(=O)c1cc(Cl)cc(C(F)(F)F)c1. The molecule has 0 atom stereocenters. The highest BCUT2D eigenvalue weighted by molar-refractivity contribution is 7.89. The lowest BCUT2D eigenvalue weighted by Gasteiger charge is -2.09. The van der Waals surface area contributed by atoms with Crippen LogP contribution in [0.2, 0.25) is 5.02 Å². The van der Waals surface area contributed by atoms with Gasteiger partial charge in [0, 0.05) is 5.02 Å². The molecule has 0 unspecified atom stereocenters. The molecular formula is C8H7ClF3NO2S. The minimum absolute atomic E-state index is 0.288. The van der Waals surface area contributed by atoms with E-state index in [0.29, 0.717) is 12.1 Å². The average molecular weight is 274 g/mol. The third-order valence-electron chi connectivity index (χ3n) is 1.78. The van der Waals surface area contributed by atoms with Crippen LogP contribution in [0.4, 0.5) is 13.2 Å². The van der Waals surface area contributed by atoms with Crippen molar-refractivity contribution in [1.82, 2.24) is 4.72 Å². The van der Waals surface area contributed by atoms with Crippen molar-refractivity contribution in [1.29, 1.82) is 0 Å². The summed E-state index contributed by atoms with van der Waals surface area (Å²) in [7, 11) is -2.84. The maximum absolute atomic E-state index is 12.4. The Morgan fingerprint density at radius 1 is 1.25 bits per heavy atom. The number of sulfonamides is 1. The molecule has 0 heterocycles. The lowest BCUT2D eigenvalue weighted by molar-refractivity contribution is -0.137. The summed E-state index contributed by atoms with van der Waals surface area (Å²) in [6.45, 7) is 0. The Balaban J connectivity index is 3.41. The Labute approximate surface area is 95.3 Å². The van der Waals surface area contributed by atoms with E-state index in [-0.39, 0.29) is 5.02 Å². The Bertz CT molecular complexity index is 498. The quantitative estimate of drug-likeness (QED) is 0.898. The predicted octanol–water partition coefficient (Wildman–Crippen LogP) is 2.27. The van der Waals surface area contributed by atoms with Crippen LogP contribution in [0.25, 0.3) is 0 Å². The van der Waals surface area contributed by atoms with Crippen molar-refractivity contribution in [3.8, 4) is 0 Å². The molecule has 0 radical (unpaired) electrons. The van der Waals surface area contributed by atoms with E-state index < -0.39 is 26.7 Å². The number of halogens is 4. The Morgan fingerprint density at radius 3 is 2.25 bits per heavy atom. The molecule has 0 bridgehead atoms. The van der Waals surface area contributed by atoms with Crippen molar-refractivity contribution >= 4 is 21.6 Å². The van der Waals surface area contributed by atoms with Gasteiger partial charge in [0.25, 0.3) is 0 Å². The van der Waals surface area contributed by atoms with Gasteiger partial charge >= 0.3 is 6.18 Å². The van der Waals surface area contributed by atoms with Gasteiger partial charge in [-0.25, -0.2) is 13.1 Å². The number of alkyl halides is 3. The number of benzene rings is 1. The van der Waals surface area contributed by atoms with Crippen LogP contribution >= 0.6 is 11.6 Å². The Hall–Kier alpha value is -0.790. The molecule has 0 aromatic heterocycles. The fourth-order valence-electron chi connectivity index (χ4n) is 0.999. The van der Waals surface area contributed by atoms with E-state index >= 15 is 0 Å². The zero-order valence-electron chi connectivity index (χ0n) is 7.97. The van der Waals surface area contributed by atoms with Crippen molar-refractivity contribution in [3.05, 3.63) is 28.8 Å². The van der Waals surface area contributed by atoms with Gasteiger partial charge in [0.1, 0.15) is 0 Å². The van der Waals surface area contributed by atoms with Crippen molar-refractivity contribution in [2.45, 2.75) is 11.1 Å². The normalized spacial score (nSPS) is 12.8. The highest BCUT2D eigenvalue weighted by Gasteiger charge is 2.32. The summed E-state index contributed by atoms with van der Waals surface area (Å²) >= 11 is 5.43. The second-order valence-corrected chi connectivity index (χ2v) is 5.20. The van der Waals surface area contributed by atoms with E-state index in [4.69, 9.17) is 11.6 Å². The fraction of sp³-hybridized carbons (Fsp3) is 0.250. The second kappa shape index (κ2) is 4.23. The van der Waals surface area contributed by atoms with E-state index in [0.717, 1.165) is 13.1 Å². The number of hydrogen-bond donors (Lipinski definition) is 1. The fourth-order valence-corrected chi connectivity index (χ4v) is 2.10. The Kier molecular flexibility index (Phi) is 3.51. The predicted molar refractivity (Wildman–Crippen MR) is 52.7 cm³/mol. The largest absolute Gasteiger partial charge is 0.416 e. The van der Waals surface area contributed by atoms with Crippen molar-refractivity contribution in [2.24, 2.45) is 0 Å². The van der Waals surface area contributed by atoms with Crippen LogP contribution in [0.5, 0.6) is 0 Å². The van der Waals surface area contributed by atoms with Gasteiger partial charge in [0.15, 0.2) is 0 Å². The third-order valence-corrected chi connectivity index (χ3v) is 3.39. The van der Waals surface area contributed by atoms with Crippen LogP contribution in [0.1, 0.15) is 5.56 Å². The smallest absolute Gasteiger partial charge is 0.214 e. The minimum atomic E-state index is -4.64. The number of hydrogen-bond acceptors (Lipinski definition) is 2. The van der Waals surface area contributed by atoms with Gasteiger partial charge in [0.05, 0.1) is 10.5 Å². The van der Waals surface area contributed by atoms with E-state index in [1.54, 1.807) is 0 Å². The van der Waals surface area contributed by atoms with Gasteiger partial charge in [-0.3, -0.25) is 0 Å². The van der Waals surface area contributed by atoms with Gasteiger partial charge in [0.2, 0.25) is 10.0 Å². The molecule has 3 nitrogen and oxygen atoms in total. The summed E-state index contributed by atoms with van der Waals surface area (Å²) in [5, 5.41) is -0.288. The van der Waals surface area contributed by atoms with E-state index in [2.05, 4.69) is 0 Å². The van der Waals surface area contributed by atoms with E-state index in [1.807, 2.05) is 4.72 Å². The first-order chi connectivity index (χ1) is 7.16. The molecule has 0 aliphatic heterocycles. The van der Waals surface area contributed by atoms with E-state index in [1.165, 1.54) is 0 Å². The van der Waals surface area contributed by atoms with Gasteiger partial charge in [-0.05, 0) is 25.2 Å². The monoisotopic (exact) mass is 273 g/mol. The van der Waals surface area contributed by atoms with Gasteiger partial charge in [-0.15, -0.1) is 0 Å². The van der Waals surface area contributed by atoms with Crippen molar-refractivity contribution in [2.75, 3.05) is 7.05 Å². The van der Waals surface area contributed by atoms with Crippen LogP contribution in [-0.4, -0.2) is 15.5 Å². The first-order valence-electron chi connectivity index (χ1n) is 3.98. The number of rotatable bonds is 2. The topological polar surface area (TPSA) is 46.2 Å².